The summed E-state index contributed by atoms with van der Waals surface area (Å²) in [6, 6.07) is 19.5. The van der Waals surface area contributed by atoms with E-state index in [0.29, 0.717) is 5.69 Å². The second-order valence-corrected chi connectivity index (χ2v) is 6.00. The average Bonchev–Trinajstić information content (AvgIpc) is 2.63. The highest BCUT2D eigenvalue weighted by Crippen LogP contribution is 2.23. The summed E-state index contributed by atoms with van der Waals surface area (Å²) in [5, 5.41) is 7.09. The van der Waals surface area contributed by atoms with Gasteiger partial charge in [0.1, 0.15) is 5.69 Å². The Balaban J connectivity index is 1.93. The summed E-state index contributed by atoms with van der Waals surface area (Å²) in [5.41, 5.74) is 2.31. The molecule has 1 amide bonds. The normalized spacial score (nSPS) is 10.7. The van der Waals surface area contributed by atoms with Gasteiger partial charge in [0.15, 0.2) is 0 Å². The van der Waals surface area contributed by atoms with Crippen LogP contribution in [-0.2, 0) is 0 Å². The Kier molecular flexibility index (Phi) is 4.75. The number of nitrogens with one attached hydrogen (secondary N) is 1. The van der Waals surface area contributed by atoms with Crippen molar-refractivity contribution in [2.24, 2.45) is 0 Å². The van der Waals surface area contributed by atoms with E-state index in [9.17, 15) is 9.59 Å². The quantitative estimate of drug-likeness (QED) is 0.793. The number of amides is 1. The predicted octanol–water partition coefficient (Wildman–Crippen LogP) is 3.61. The molecule has 126 valence electrons. The maximum atomic E-state index is 12.6. The number of nitrogens with zero attached hydrogens (tertiary/aromatic N) is 2. The Labute approximate surface area is 145 Å². The first-order valence-electron chi connectivity index (χ1n) is 8.12. The fraction of sp³-hybridized carbons (Fsp3) is 0.150. The van der Waals surface area contributed by atoms with E-state index < -0.39 is 0 Å². The van der Waals surface area contributed by atoms with Gasteiger partial charge in [0.25, 0.3) is 11.5 Å². The van der Waals surface area contributed by atoms with Crippen LogP contribution in [0, 0.1) is 0 Å². The van der Waals surface area contributed by atoms with Crippen LogP contribution >= 0.6 is 0 Å². The molecule has 0 bridgehead atoms. The molecular weight excluding hydrogens is 314 g/mol. The van der Waals surface area contributed by atoms with Crippen molar-refractivity contribution in [1.82, 2.24) is 9.78 Å². The van der Waals surface area contributed by atoms with Crippen molar-refractivity contribution in [3.8, 4) is 5.69 Å². The highest BCUT2D eigenvalue weighted by Gasteiger charge is 2.13. The lowest BCUT2D eigenvalue weighted by Crippen LogP contribution is -2.25. The van der Waals surface area contributed by atoms with E-state index in [2.05, 4.69) is 24.3 Å². The van der Waals surface area contributed by atoms with Gasteiger partial charge >= 0.3 is 0 Å². The molecule has 1 heterocycles. The van der Waals surface area contributed by atoms with Gasteiger partial charge in [-0.25, -0.2) is 0 Å². The average molecular weight is 333 g/mol. The van der Waals surface area contributed by atoms with E-state index in [1.807, 2.05) is 42.5 Å². The molecule has 0 radical (unpaired) electrons. The van der Waals surface area contributed by atoms with Gasteiger partial charge in [0.2, 0.25) is 0 Å². The fourth-order valence-corrected chi connectivity index (χ4v) is 2.59. The van der Waals surface area contributed by atoms with Gasteiger partial charge in [-0.15, -0.1) is 0 Å². The highest BCUT2D eigenvalue weighted by atomic mass is 16.2. The van der Waals surface area contributed by atoms with Crippen LogP contribution in [0.25, 0.3) is 5.69 Å². The monoisotopic (exact) mass is 333 g/mol. The van der Waals surface area contributed by atoms with Crippen LogP contribution < -0.4 is 10.9 Å². The smallest absolute Gasteiger partial charge is 0.276 e. The summed E-state index contributed by atoms with van der Waals surface area (Å²) >= 11 is 0. The molecular formula is C20H19N3O2. The minimum absolute atomic E-state index is 0.182. The predicted molar refractivity (Wildman–Crippen MR) is 98.3 cm³/mol. The first-order valence-corrected chi connectivity index (χ1v) is 8.12. The largest absolute Gasteiger partial charge is 0.320 e. The molecule has 0 fully saturated rings. The number of anilines is 1. The zero-order chi connectivity index (χ0) is 17.8. The van der Waals surface area contributed by atoms with Gasteiger partial charge in [-0.05, 0) is 35.7 Å². The third kappa shape index (κ3) is 3.66. The van der Waals surface area contributed by atoms with E-state index in [1.54, 1.807) is 12.1 Å². The second kappa shape index (κ2) is 7.13. The summed E-state index contributed by atoms with van der Waals surface area (Å²) in [4.78, 5) is 24.7. The van der Waals surface area contributed by atoms with Crippen molar-refractivity contribution in [2.45, 2.75) is 19.8 Å². The number of hydrogen-bond donors (Lipinski definition) is 1. The molecule has 0 saturated heterocycles. The molecule has 0 unspecified atom stereocenters. The van der Waals surface area contributed by atoms with Crippen molar-refractivity contribution in [3.63, 3.8) is 0 Å². The van der Waals surface area contributed by atoms with Crippen molar-refractivity contribution in [3.05, 3.63) is 88.3 Å². The summed E-state index contributed by atoms with van der Waals surface area (Å²) < 4.78 is 1.23. The number of carbonyl (C=O) groups is 1. The van der Waals surface area contributed by atoms with Crippen LogP contribution in [0.4, 0.5) is 5.69 Å². The molecule has 3 rings (SSSR count). The maximum absolute atomic E-state index is 12.6. The number of rotatable bonds is 4. The van der Waals surface area contributed by atoms with Crippen molar-refractivity contribution in [1.29, 1.82) is 0 Å². The first-order chi connectivity index (χ1) is 12.1. The molecule has 5 heteroatoms. The Hall–Kier alpha value is -3.21. The van der Waals surface area contributed by atoms with E-state index in [1.165, 1.54) is 16.8 Å². The van der Waals surface area contributed by atoms with Gasteiger partial charge < -0.3 is 5.32 Å². The van der Waals surface area contributed by atoms with E-state index in [-0.39, 0.29) is 23.1 Å². The van der Waals surface area contributed by atoms with Crippen molar-refractivity contribution < 1.29 is 4.79 Å². The van der Waals surface area contributed by atoms with Crippen LogP contribution in [0.2, 0.25) is 0 Å². The Morgan fingerprint density at radius 3 is 2.36 bits per heavy atom. The highest BCUT2D eigenvalue weighted by molar-refractivity contribution is 6.03. The van der Waals surface area contributed by atoms with Crippen LogP contribution in [0.5, 0.6) is 0 Å². The van der Waals surface area contributed by atoms with Gasteiger partial charge in [0, 0.05) is 11.8 Å². The summed E-state index contributed by atoms with van der Waals surface area (Å²) in [6.45, 7) is 4.14. The number of aromatic nitrogens is 2. The van der Waals surface area contributed by atoms with E-state index in [0.717, 1.165) is 11.3 Å². The molecule has 0 aliphatic carbocycles. The zero-order valence-electron chi connectivity index (χ0n) is 14.1. The zero-order valence-corrected chi connectivity index (χ0v) is 14.1. The van der Waals surface area contributed by atoms with E-state index >= 15 is 0 Å². The Morgan fingerprint density at radius 1 is 0.960 bits per heavy atom. The van der Waals surface area contributed by atoms with Crippen molar-refractivity contribution in [2.75, 3.05) is 5.32 Å². The summed E-state index contributed by atoms with van der Waals surface area (Å²) in [7, 11) is 0. The van der Waals surface area contributed by atoms with Crippen LogP contribution in [0.1, 0.15) is 35.8 Å². The lowest BCUT2D eigenvalue weighted by Gasteiger charge is -2.13. The fourth-order valence-electron chi connectivity index (χ4n) is 2.59. The summed E-state index contributed by atoms with van der Waals surface area (Å²) in [5.74, 6) is -0.0690. The number of benzene rings is 2. The molecule has 0 atom stereocenters. The topological polar surface area (TPSA) is 64.0 Å². The molecule has 1 N–H and O–H groups in total. The van der Waals surface area contributed by atoms with Crippen LogP contribution in [-0.4, -0.2) is 15.7 Å². The molecule has 0 aliphatic rings. The van der Waals surface area contributed by atoms with Crippen LogP contribution in [0.15, 0.2) is 71.5 Å². The standard InChI is InChI=1S/C20H19N3O2/c1-14(2)16-10-6-7-11-17(16)21-20(25)18-12-13-19(24)23(22-18)15-8-4-3-5-9-15/h3-14H,1-2H3,(H,21,25). The van der Waals surface area contributed by atoms with Gasteiger partial charge in [-0.2, -0.15) is 9.78 Å². The van der Waals surface area contributed by atoms with Crippen LogP contribution in [0.3, 0.4) is 0 Å². The SMILES string of the molecule is CC(C)c1ccccc1NC(=O)c1ccc(=O)n(-c2ccccc2)n1. The second-order valence-electron chi connectivity index (χ2n) is 6.00. The number of para-hydroxylation sites is 2. The van der Waals surface area contributed by atoms with Gasteiger partial charge in [-0.3, -0.25) is 9.59 Å². The minimum atomic E-state index is -0.349. The lowest BCUT2D eigenvalue weighted by atomic mass is 10.0. The molecule has 5 nitrogen and oxygen atoms in total. The third-order valence-corrected chi connectivity index (χ3v) is 3.86. The van der Waals surface area contributed by atoms with Crippen molar-refractivity contribution >= 4 is 11.6 Å². The Bertz CT molecular complexity index is 946. The number of hydrogen-bond acceptors (Lipinski definition) is 3. The first kappa shape index (κ1) is 16.6. The third-order valence-electron chi connectivity index (χ3n) is 3.86. The molecule has 0 aliphatic heterocycles. The molecule has 3 aromatic rings. The lowest BCUT2D eigenvalue weighted by molar-refractivity contribution is 0.102. The molecule has 0 spiro atoms. The molecule has 1 aromatic heterocycles. The molecule has 2 aromatic carbocycles. The minimum Gasteiger partial charge on any atom is -0.320 e. The van der Waals surface area contributed by atoms with E-state index in [4.69, 9.17) is 0 Å². The molecule has 0 saturated carbocycles. The number of carbonyl (C=O) groups excluding carboxylic acids is 1. The van der Waals surface area contributed by atoms with Gasteiger partial charge in [-0.1, -0.05) is 50.2 Å². The van der Waals surface area contributed by atoms with Gasteiger partial charge in [0.05, 0.1) is 5.69 Å². The maximum Gasteiger partial charge on any atom is 0.276 e. The Morgan fingerprint density at radius 2 is 1.64 bits per heavy atom. The molecule has 25 heavy (non-hydrogen) atoms. The summed E-state index contributed by atoms with van der Waals surface area (Å²) in [6.07, 6.45) is 0.